The van der Waals surface area contributed by atoms with Crippen molar-refractivity contribution >= 4 is 17.7 Å². The second-order valence-electron chi connectivity index (χ2n) is 9.61. The van der Waals surface area contributed by atoms with Gasteiger partial charge in [-0.25, -0.2) is 0 Å². The van der Waals surface area contributed by atoms with Gasteiger partial charge in [0.15, 0.2) is 0 Å². The monoisotopic (exact) mass is 569 g/mol. The highest BCUT2D eigenvalue weighted by Gasteiger charge is 2.24. The highest BCUT2D eigenvalue weighted by Crippen LogP contribution is 2.26. The number of carbonyl (C=O) groups is 3. The summed E-state index contributed by atoms with van der Waals surface area (Å²) in [5.41, 5.74) is 1.93. The summed E-state index contributed by atoms with van der Waals surface area (Å²) in [7, 11) is 1.53. The summed E-state index contributed by atoms with van der Waals surface area (Å²) in [5.74, 6) is 0.466. The van der Waals surface area contributed by atoms with Gasteiger partial charge in [-0.1, -0.05) is 47.6 Å². The number of nitrogens with one attached hydrogen (secondary N) is 3. The van der Waals surface area contributed by atoms with Crippen molar-refractivity contribution in [2.24, 2.45) is 0 Å². The zero-order valence-electron chi connectivity index (χ0n) is 23.1. The quantitative estimate of drug-likeness (QED) is 0.331. The first kappa shape index (κ1) is 28.3. The number of hydrogen-bond acceptors (Lipinski definition) is 8. The molecule has 0 spiro atoms. The van der Waals surface area contributed by atoms with Gasteiger partial charge >= 0.3 is 0 Å². The molecule has 2 heterocycles. The van der Waals surface area contributed by atoms with Crippen LogP contribution in [-0.2, 0) is 4.79 Å². The minimum atomic E-state index is -0.806. The number of aromatic nitrogens is 2. The van der Waals surface area contributed by atoms with Crippen LogP contribution in [0.2, 0.25) is 0 Å². The lowest BCUT2D eigenvalue weighted by atomic mass is 10.0. The number of hydrogen-bond donors (Lipinski definition) is 3. The molecule has 0 radical (unpaired) electrons. The fourth-order valence-electron chi connectivity index (χ4n) is 4.58. The van der Waals surface area contributed by atoms with Crippen LogP contribution < -0.4 is 25.4 Å². The highest BCUT2D eigenvalue weighted by atomic mass is 16.5. The Morgan fingerprint density at radius 2 is 1.76 bits per heavy atom. The lowest BCUT2D eigenvalue weighted by Gasteiger charge is -2.20. The summed E-state index contributed by atoms with van der Waals surface area (Å²) in [5, 5.41) is 12.7. The van der Waals surface area contributed by atoms with Gasteiger partial charge in [-0.2, -0.15) is 4.98 Å². The van der Waals surface area contributed by atoms with Crippen LogP contribution in [-0.4, -0.2) is 60.7 Å². The van der Waals surface area contributed by atoms with Gasteiger partial charge in [-0.3, -0.25) is 14.4 Å². The predicted octanol–water partition coefficient (Wildman–Crippen LogP) is 3.62. The van der Waals surface area contributed by atoms with E-state index in [0.717, 1.165) is 5.56 Å². The molecular weight excluding hydrogens is 538 g/mol. The fraction of sp³-hybridized carbons (Fsp3) is 0.258. The third kappa shape index (κ3) is 6.74. The molecule has 0 fully saturated rings. The molecule has 42 heavy (non-hydrogen) atoms. The van der Waals surface area contributed by atoms with Crippen LogP contribution >= 0.6 is 0 Å². The molecule has 0 saturated carbocycles. The first-order chi connectivity index (χ1) is 20.5. The smallest absolute Gasteiger partial charge is 0.259 e. The molecule has 0 bridgehead atoms. The van der Waals surface area contributed by atoms with Gasteiger partial charge in [0.2, 0.25) is 11.7 Å². The van der Waals surface area contributed by atoms with E-state index in [1.165, 1.54) is 7.11 Å². The van der Waals surface area contributed by atoms with Gasteiger partial charge in [0.25, 0.3) is 17.7 Å². The first-order valence-corrected chi connectivity index (χ1v) is 13.7. The average Bonchev–Trinajstić information content (AvgIpc) is 3.52. The van der Waals surface area contributed by atoms with E-state index in [1.807, 2.05) is 30.3 Å². The number of rotatable bonds is 5. The molecule has 1 aliphatic rings. The Labute approximate surface area is 242 Å². The van der Waals surface area contributed by atoms with Crippen LogP contribution in [0.15, 0.2) is 77.3 Å². The molecule has 11 heteroatoms. The van der Waals surface area contributed by atoms with Crippen molar-refractivity contribution in [3.63, 3.8) is 0 Å². The molecule has 1 atom stereocenters. The number of nitrogens with zero attached hydrogens (tertiary/aromatic N) is 2. The SMILES string of the molecule is COc1ccc2c(c1)OCCNC(=O)[C@@H](NC(=O)c1ccccc1-c1nc(-c3ccccc3)no1)CCCCNC2=O. The van der Waals surface area contributed by atoms with Crippen molar-refractivity contribution in [1.29, 1.82) is 0 Å². The van der Waals surface area contributed by atoms with Gasteiger partial charge in [-0.15, -0.1) is 0 Å². The second-order valence-corrected chi connectivity index (χ2v) is 9.61. The van der Waals surface area contributed by atoms with E-state index in [4.69, 9.17) is 14.0 Å². The topological polar surface area (TPSA) is 145 Å². The third-order valence-electron chi connectivity index (χ3n) is 6.78. The van der Waals surface area contributed by atoms with Gasteiger partial charge in [0, 0.05) is 18.2 Å². The highest BCUT2D eigenvalue weighted by molar-refractivity contribution is 6.02. The maximum absolute atomic E-state index is 13.5. The van der Waals surface area contributed by atoms with E-state index in [0.29, 0.717) is 59.8 Å². The number of methoxy groups -OCH3 is 1. The van der Waals surface area contributed by atoms with E-state index in [-0.39, 0.29) is 30.9 Å². The molecule has 3 amide bonds. The largest absolute Gasteiger partial charge is 0.497 e. The second kappa shape index (κ2) is 13.4. The Morgan fingerprint density at radius 3 is 2.60 bits per heavy atom. The van der Waals surface area contributed by atoms with Crippen molar-refractivity contribution in [3.05, 3.63) is 83.9 Å². The van der Waals surface area contributed by atoms with Crippen molar-refractivity contribution in [2.45, 2.75) is 25.3 Å². The Morgan fingerprint density at radius 1 is 0.952 bits per heavy atom. The maximum Gasteiger partial charge on any atom is 0.259 e. The van der Waals surface area contributed by atoms with E-state index >= 15 is 0 Å². The molecule has 3 N–H and O–H groups in total. The Balaban J connectivity index is 1.29. The average molecular weight is 570 g/mol. The summed E-state index contributed by atoms with van der Waals surface area (Å²) in [6.07, 6.45) is 1.58. The minimum absolute atomic E-state index is 0.115. The lowest BCUT2D eigenvalue weighted by Crippen LogP contribution is -2.47. The lowest BCUT2D eigenvalue weighted by molar-refractivity contribution is -0.123. The Hall–Kier alpha value is -5.19. The maximum atomic E-state index is 13.5. The molecule has 3 aromatic carbocycles. The fourth-order valence-corrected chi connectivity index (χ4v) is 4.58. The molecule has 0 aliphatic carbocycles. The van der Waals surface area contributed by atoms with E-state index in [2.05, 4.69) is 26.1 Å². The van der Waals surface area contributed by atoms with Crippen molar-refractivity contribution in [2.75, 3.05) is 26.8 Å². The van der Waals surface area contributed by atoms with Crippen LogP contribution in [0, 0.1) is 0 Å². The van der Waals surface area contributed by atoms with E-state index < -0.39 is 11.9 Å². The molecule has 4 aromatic rings. The zero-order chi connectivity index (χ0) is 29.3. The number of carbonyl (C=O) groups excluding carboxylic acids is 3. The van der Waals surface area contributed by atoms with Crippen LogP contribution in [0.4, 0.5) is 0 Å². The molecule has 1 aliphatic heterocycles. The first-order valence-electron chi connectivity index (χ1n) is 13.7. The predicted molar refractivity (Wildman–Crippen MR) is 154 cm³/mol. The van der Waals surface area contributed by atoms with Crippen molar-refractivity contribution in [1.82, 2.24) is 26.1 Å². The minimum Gasteiger partial charge on any atom is -0.497 e. The molecule has 0 unspecified atom stereocenters. The molecule has 1 aromatic heterocycles. The van der Waals surface area contributed by atoms with Crippen LogP contribution in [0.25, 0.3) is 22.8 Å². The van der Waals surface area contributed by atoms with Crippen molar-refractivity contribution < 1.29 is 28.4 Å². The summed E-state index contributed by atoms with van der Waals surface area (Å²) in [6, 6.07) is 20.4. The molecule has 5 rings (SSSR count). The number of ether oxygens (including phenoxy) is 2. The number of fused-ring (bicyclic) bond motifs is 1. The van der Waals surface area contributed by atoms with Gasteiger partial charge in [-0.05, 0) is 43.5 Å². The van der Waals surface area contributed by atoms with Crippen molar-refractivity contribution in [3.8, 4) is 34.3 Å². The summed E-state index contributed by atoms with van der Waals surface area (Å²) in [6.45, 7) is 0.685. The molecule has 11 nitrogen and oxygen atoms in total. The molecule has 0 saturated heterocycles. The van der Waals surface area contributed by atoms with Gasteiger partial charge < -0.3 is 29.9 Å². The molecular formula is C31H31N5O6. The standard InChI is InChI=1S/C31H31N5O6/c1-40-21-14-15-24-26(19-21)41-18-17-33-30(39)25(13-7-8-16-32-28(24)37)34-29(38)22-11-5-6-12-23(22)31-35-27(36-42-31)20-9-3-2-4-10-20/h2-6,9-12,14-15,19,25H,7-8,13,16-18H2,1H3,(H,32,37)(H,33,39)(H,34,38)/t25-/m0/s1. The zero-order valence-corrected chi connectivity index (χ0v) is 23.1. The van der Waals surface area contributed by atoms with E-state index in [1.54, 1.807) is 42.5 Å². The Bertz CT molecular complexity index is 1550. The van der Waals surface area contributed by atoms with Crippen LogP contribution in [0.5, 0.6) is 11.5 Å². The van der Waals surface area contributed by atoms with E-state index in [9.17, 15) is 14.4 Å². The summed E-state index contributed by atoms with van der Waals surface area (Å²) >= 11 is 0. The van der Waals surface area contributed by atoms with Crippen LogP contribution in [0.1, 0.15) is 40.0 Å². The number of amides is 3. The summed E-state index contributed by atoms with van der Waals surface area (Å²) < 4.78 is 16.6. The number of benzene rings is 3. The normalized spacial score (nSPS) is 16.2. The van der Waals surface area contributed by atoms with Gasteiger partial charge in [0.1, 0.15) is 24.1 Å². The third-order valence-corrected chi connectivity index (χ3v) is 6.78. The Kier molecular flexibility index (Phi) is 9.07. The summed E-state index contributed by atoms with van der Waals surface area (Å²) in [4.78, 5) is 43.9. The van der Waals surface area contributed by atoms with Crippen LogP contribution in [0.3, 0.4) is 0 Å². The molecule has 216 valence electrons. The van der Waals surface area contributed by atoms with Gasteiger partial charge in [0.05, 0.1) is 30.3 Å².